The van der Waals surface area contributed by atoms with Gasteiger partial charge in [0, 0.05) is 13.1 Å². The summed E-state index contributed by atoms with van der Waals surface area (Å²) in [6.45, 7) is 2.51. The van der Waals surface area contributed by atoms with Crippen molar-refractivity contribution < 1.29 is 9.53 Å². The molecule has 1 heterocycles. The second kappa shape index (κ2) is 6.81. The molecule has 0 unspecified atom stereocenters. The molecule has 2 rings (SSSR count). The van der Waals surface area contributed by atoms with Crippen molar-refractivity contribution in [1.82, 2.24) is 10.6 Å². The number of amides is 2. The maximum Gasteiger partial charge on any atom is 0.315 e. The normalized spacial score (nSPS) is 14.8. The number of urea groups is 1. The third kappa shape index (κ3) is 4.22. The van der Waals surface area contributed by atoms with Crippen LogP contribution < -0.4 is 10.6 Å². The van der Waals surface area contributed by atoms with Crippen LogP contribution in [0.2, 0.25) is 0 Å². The van der Waals surface area contributed by atoms with E-state index in [1.807, 2.05) is 30.3 Å². The molecule has 2 amide bonds. The van der Waals surface area contributed by atoms with Crippen LogP contribution in [0.3, 0.4) is 0 Å². The summed E-state index contributed by atoms with van der Waals surface area (Å²) < 4.78 is 5.30. The minimum atomic E-state index is -0.148. The van der Waals surface area contributed by atoms with Gasteiger partial charge in [0.15, 0.2) is 0 Å². The Hall–Kier alpha value is -1.81. The Morgan fingerprint density at radius 1 is 1.17 bits per heavy atom. The van der Waals surface area contributed by atoms with E-state index < -0.39 is 0 Å². The molecule has 4 nitrogen and oxygen atoms in total. The first-order chi connectivity index (χ1) is 8.84. The monoisotopic (exact) mass is 246 g/mol. The summed E-state index contributed by atoms with van der Waals surface area (Å²) in [7, 11) is 0. The molecule has 0 fully saturated rings. The van der Waals surface area contributed by atoms with Gasteiger partial charge in [-0.05, 0) is 17.6 Å². The highest BCUT2D eigenvalue weighted by molar-refractivity contribution is 5.74. The number of nitrogens with one attached hydrogen (secondary N) is 2. The van der Waals surface area contributed by atoms with Gasteiger partial charge in [0.05, 0.1) is 13.2 Å². The average Bonchev–Trinajstić information content (AvgIpc) is 2.45. The predicted molar refractivity (Wildman–Crippen MR) is 70.2 cm³/mol. The lowest BCUT2D eigenvalue weighted by atomic mass is 10.2. The molecule has 0 saturated carbocycles. The molecule has 0 aliphatic carbocycles. The minimum Gasteiger partial charge on any atom is -0.377 e. The van der Waals surface area contributed by atoms with Crippen molar-refractivity contribution in [3.8, 4) is 0 Å². The van der Waals surface area contributed by atoms with Gasteiger partial charge in [0.1, 0.15) is 0 Å². The predicted octanol–water partition coefficient (Wildman–Crippen LogP) is 1.83. The summed E-state index contributed by atoms with van der Waals surface area (Å²) in [4.78, 5) is 11.6. The molecule has 1 aliphatic heterocycles. The van der Waals surface area contributed by atoms with Gasteiger partial charge in [0.25, 0.3) is 0 Å². The highest BCUT2D eigenvalue weighted by Gasteiger charge is 2.05. The summed E-state index contributed by atoms with van der Waals surface area (Å²) in [6.07, 6.45) is 3.06. The van der Waals surface area contributed by atoms with Gasteiger partial charge in [-0.3, -0.25) is 0 Å². The zero-order valence-electron chi connectivity index (χ0n) is 10.3. The van der Waals surface area contributed by atoms with Crippen molar-refractivity contribution in [2.24, 2.45) is 0 Å². The molecule has 0 atom stereocenters. The Labute approximate surface area is 107 Å². The van der Waals surface area contributed by atoms with E-state index in [2.05, 4.69) is 16.7 Å². The Morgan fingerprint density at radius 2 is 1.94 bits per heavy atom. The van der Waals surface area contributed by atoms with Crippen LogP contribution in [0.5, 0.6) is 0 Å². The van der Waals surface area contributed by atoms with E-state index in [9.17, 15) is 4.79 Å². The lowest BCUT2D eigenvalue weighted by molar-refractivity contribution is 0.149. The number of ether oxygens (including phenoxy) is 1. The number of hydrogen-bond donors (Lipinski definition) is 2. The van der Waals surface area contributed by atoms with Crippen molar-refractivity contribution in [1.29, 1.82) is 0 Å². The van der Waals surface area contributed by atoms with Crippen LogP contribution >= 0.6 is 0 Å². The fourth-order valence-corrected chi connectivity index (χ4v) is 1.77. The molecule has 2 N–H and O–H groups in total. The number of rotatable bonds is 4. The van der Waals surface area contributed by atoms with E-state index in [4.69, 9.17) is 4.74 Å². The molecule has 1 aliphatic rings. The molecule has 1 aromatic rings. The van der Waals surface area contributed by atoms with E-state index in [1.54, 1.807) is 0 Å². The quantitative estimate of drug-likeness (QED) is 0.796. The first kappa shape index (κ1) is 12.6. The molecular weight excluding hydrogens is 228 g/mol. The van der Waals surface area contributed by atoms with Crippen molar-refractivity contribution >= 4 is 6.03 Å². The van der Waals surface area contributed by atoms with Crippen molar-refractivity contribution in [3.05, 3.63) is 47.5 Å². The molecular formula is C14H18N2O2. The molecule has 4 heteroatoms. The summed E-state index contributed by atoms with van der Waals surface area (Å²) in [5.74, 6) is 0. The van der Waals surface area contributed by atoms with E-state index in [0.717, 1.165) is 24.2 Å². The van der Waals surface area contributed by atoms with Crippen molar-refractivity contribution in [2.75, 3.05) is 19.8 Å². The molecule has 0 bridgehead atoms. The highest BCUT2D eigenvalue weighted by atomic mass is 16.5. The smallest absolute Gasteiger partial charge is 0.315 e. The number of carbonyl (C=O) groups excluding carboxylic acids is 1. The zero-order valence-corrected chi connectivity index (χ0v) is 10.3. The number of benzene rings is 1. The van der Waals surface area contributed by atoms with Crippen molar-refractivity contribution in [3.63, 3.8) is 0 Å². The molecule has 0 saturated heterocycles. The van der Waals surface area contributed by atoms with Gasteiger partial charge in [-0.15, -0.1) is 0 Å². The van der Waals surface area contributed by atoms with E-state index >= 15 is 0 Å². The first-order valence-corrected chi connectivity index (χ1v) is 6.16. The second-order valence-corrected chi connectivity index (χ2v) is 4.23. The van der Waals surface area contributed by atoms with Crippen molar-refractivity contribution in [2.45, 2.75) is 13.0 Å². The molecule has 0 radical (unpaired) electrons. The first-order valence-electron chi connectivity index (χ1n) is 6.16. The molecule has 96 valence electrons. The Kier molecular flexibility index (Phi) is 4.78. The van der Waals surface area contributed by atoms with Crippen LogP contribution in [0, 0.1) is 0 Å². The second-order valence-electron chi connectivity index (χ2n) is 4.23. The fraction of sp³-hybridized carbons (Fsp3) is 0.357. The Balaban J connectivity index is 1.67. The van der Waals surface area contributed by atoms with Gasteiger partial charge < -0.3 is 15.4 Å². The van der Waals surface area contributed by atoms with Crippen LogP contribution in [0.25, 0.3) is 0 Å². The van der Waals surface area contributed by atoms with E-state index in [-0.39, 0.29) is 6.03 Å². The standard InChI is InChI=1S/C14H18N2O2/c17-14(15-9-12-5-2-1-3-6-12)16-10-13-7-4-8-18-11-13/h1-3,5-7H,4,8-11H2,(H2,15,16,17). The minimum absolute atomic E-state index is 0.148. The average molecular weight is 246 g/mol. The molecule has 0 aromatic heterocycles. The van der Waals surface area contributed by atoms with Gasteiger partial charge >= 0.3 is 6.03 Å². The molecule has 0 spiro atoms. The Bertz CT molecular complexity index is 415. The summed E-state index contributed by atoms with van der Waals surface area (Å²) in [6, 6.07) is 9.69. The van der Waals surface area contributed by atoms with Crippen LogP contribution in [-0.4, -0.2) is 25.8 Å². The lowest BCUT2D eigenvalue weighted by Crippen LogP contribution is -2.36. The topological polar surface area (TPSA) is 50.4 Å². The van der Waals surface area contributed by atoms with Crippen LogP contribution in [-0.2, 0) is 11.3 Å². The van der Waals surface area contributed by atoms with Crippen LogP contribution in [0.15, 0.2) is 42.0 Å². The van der Waals surface area contributed by atoms with Gasteiger partial charge in [0.2, 0.25) is 0 Å². The molecule has 18 heavy (non-hydrogen) atoms. The summed E-state index contributed by atoms with van der Waals surface area (Å²) >= 11 is 0. The fourth-order valence-electron chi connectivity index (χ4n) is 1.77. The van der Waals surface area contributed by atoms with E-state index in [0.29, 0.717) is 19.7 Å². The van der Waals surface area contributed by atoms with Gasteiger partial charge in [-0.1, -0.05) is 36.4 Å². The lowest BCUT2D eigenvalue weighted by Gasteiger charge is -2.14. The maximum atomic E-state index is 11.6. The van der Waals surface area contributed by atoms with Crippen LogP contribution in [0.1, 0.15) is 12.0 Å². The SMILES string of the molecule is O=C(NCC1=CCCOC1)NCc1ccccc1. The third-order valence-electron chi connectivity index (χ3n) is 2.75. The number of carbonyl (C=O) groups is 1. The number of hydrogen-bond acceptors (Lipinski definition) is 2. The van der Waals surface area contributed by atoms with Gasteiger partial charge in [-0.2, -0.15) is 0 Å². The third-order valence-corrected chi connectivity index (χ3v) is 2.75. The van der Waals surface area contributed by atoms with E-state index in [1.165, 1.54) is 0 Å². The molecule has 1 aromatic carbocycles. The highest BCUT2D eigenvalue weighted by Crippen LogP contribution is 2.03. The van der Waals surface area contributed by atoms with Gasteiger partial charge in [-0.25, -0.2) is 4.79 Å². The van der Waals surface area contributed by atoms with Crippen LogP contribution in [0.4, 0.5) is 4.79 Å². The summed E-state index contributed by atoms with van der Waals surface area (Å²) in [5.41, 5.74) is 2.23. The maximum absolute atomic E-state index is 11.6. The zero-order chi connectivity index (χ0) is 12.6. The summed E-state index contributed by atoms with van der Waals surface area (Å²) in [5, 5.41) is 5.64. The Morgan fingerprint density at radius 3 is 2.67 bits per heavy atom. The largest absolute Gasteiger partial charge is 0.377 e.